The Morgan fingerprint density at radius 3 is 0.528 bits per heavy atom. The number of rotatable bonds is 24. The fourth-order valence-electron chi connectivity index (χ4n) is 12.6. The Labute approximate surface area is 535 Å². The van der Waals surface area contributed by atoms with Crippen LogP contribution in [0.15, 0.2) is 0 Å². The van der Waals surface area contributed by atoms with Crippen molar-refractivity contribution in [2.24, 2.45) is 0 Å². The first kappa shape index (κ1) is 67.5. The van der Waals surface area contributed by atoms with Crippen LogP contribution in [0.3, 0.4) is 0 Å². The van der Waals surface area contributed by atoms with E-state index in [9.17, 15) is 5.11 Å². The molecule has 0 aliphatic carbocycles. The van der Waals surface area contributed by atoms with E-state index in [1.54, 1.807) is 0 Å². The summed E-state index contributed by atoms with van der Waals surface area (Å²) in [4.78, 5) is 0. The first-order valence-electron chi connectivity index (χ1n) is 32.1. The van der Waals surface area contributed by atoms with Gasteiger partial charge in [-0.05, 0) is 233 Å². The van der Waals surface area contributed by atoms with Crippen LogP contribution in [0.4, 0.5) is 0 Å². The minimum atomic E-state index is -0.816. The van der Waals surface area contributed by atoms with Crippen molar-refractivity contribution in [1.82, 2.24) is 0 Å². The summed E-state index contributed by atoms with van der Waals surface area (Å²) in [6.07, 6.45) is 0.130. The van der Waals surface area contributed by atoms with Crippen molar-refractivity contribution in [1.29, 1.82) is 0 Å². The van der Waals surface area contributed by atoms with Gasteiger partial charge in [0.15, 0.2) is 21.8 Å². The van der Waals surface area contributed by atoms with Crippen molar-refractivity contribution in [2.75, 3.05) is 66.1 Å². The first-order chi connectivity index (χ1) is 42.0. The highest BCUT2D eigenvalue weighted by Gasteiger charge is 2.31. The number of ether oxygens (including phenoxy) is 10. The molecule has 10 rings (SSSR count). The molecule has 0 amide bonds. The molecule has 1 N–H and O–H groups in total. The van der Waals surface area contributed by atoms with Crippen LogP contribution < -0.4 is 61.2 Å². The van der Waals surface area contributed by atoms with Crippen molar-refractivity contribution in [3.05, 3.63) is 134 Å². The van der Waals surface area contributed by atoms with Gasteiger partial charge in [-0.15, -0.1) is 0 Å². The SMILES string of the molecule is Cc1c(C)c(OCC(O)COc2c(C)c(C)c([B]c3c(C)c(C)c(OCC4CO4)c(C)c3C)c(C)c2C)c(C)c(C)c1[B]c1c(C)c(C)c(OCC2CO2)c(C)c1C.Cc1c(C)c(OCC2CO2)c(C)c(C)c1[B]c1c(C)c(C)c(OCC2CO2)c(C)c1C. The van der Waals surface area contributed by atoms with Crippen molar-refractivity contribution < 1.29 is 52.5 Å². The standard InChI is InChI=1S/C49H64B2O7.C26H34BO4/c1-23-31(9)46(32(10)24(2)42(23)50-44-27(5)35(13)48(36(14)28(44)6)57-21-40-19-53-40)55-17-39(52)18-56-47-33(11)25(3)43(26(4)34(47)12)51-45-29(7)37(15)49(38(16)30(45)8)58-22-41-20-54-41;1-13-17(5)25(30-11-21-9-28-21)18(6)14(2)23(13)27-24-15(3)19(7)26(20(8)16(24)4)31-12-22-10-29-22/h39-41,52H,17-22H2,1-16H3;21-22H,9-12H2,1-8H3. The Bertz CT molecular complexity index is 3300. The van der Waals surface area contributed by atoms with Crippen LogP contribution in [0.25, 0.3) is 0 Å². The van der Waals surface area contributed by atoms with Crippen LogP contribution in [0.1, 0.15) is 134 Å². The zero-order valence-corrected chi connectivity index (χ0v) is 58.2. The third-order valence-electron chi connectivity index (χ3n) is 20.7. The smallest absolute Gasteiger partial charge is 0.192 e. The summed E-state index contributed by atoms with van der Waals surface area (Å²) in [5.74, 6) is 5.61. The first-order valence-corrected chi connectivity index (χ1v) is 32.1. The van der Waals surface area contributed by atoms with E-state index in [2.05, 4.69) is 188 Å². The maximum absolute atomic E-state index is 11.2. The lowest BCUT2D eigenvalue weighted by molar-refractivity contribution is 0.0616. The van der Waals surface area contributed by atoms with Gasteiger partial charge in [0.05, 0.1) is 26.4 Å². The average Bonchev–Trinajstić information content (AvgIpc) is 1.66. The van der Waals surface area contributed by atoms with E-state index in [1.807, 2.05) is 0 Å². The van der Waals surface area contributed by atoms with E-state index in [0.29, 0.717) is 26.4 Å². The van der Waals surface area contributed by atoms with Gasteiger partial charge in [0, 0.05) is 0 Å². The molecule has 89 heavy (non-hydrogen) atoms. The molecule has 0 saturated carbocycles. The summed E-state index contributed by atoms with van der Waals surface area (Å²) in [7, 11) is 7.02. The molecule has 6 aromatic rings. The Hall–Kier alpha value is -5.89. The van der Waals surface area contributed by atoms with Crippen molar-refractivity contribution in [3.8, 4) is 34.5 Å². The van der Waals surface area contributed by atoms with E-state index in [1.165, 1.54) is 144 Å². The number of epoxide rings is 4. The van der Waals surface area contributed by atoms with E-state index in [0.717, 1.165) is 83.2 Å². The van der Waals surface area contributed by atoms with Crippen LogP contribution in [0, 0.1) is 166 Å². The molecular weight excluding hydrogens is 1110 g/mol. The lowest BCUT2D eigenvalue weighted by atomic mass is 9.57. The average molecular weight is 1210 g/mol. The third kappa shape index (κ3) is 14.3. The molecule has 4 saturated heterocycles. The van der Waals surface area contributed by atoms with Crippen LogP contribution in [-0.4, -0.2) is 124 Å². The highest BCUT2D eigenvalue weighted by molar-refractivity contribution is 6.70. The summed E-state index contributed by atoms with van der Waals surface area (Å²) in [6.45, 7) is 57.8. The second kappa shape index (κ2) is 27.5. The number of hydrogen-bond donors (Lipinski definition) is 1. The van der Waals surface area contributed by atoms with Gasteiger partial charge in [-0.1, -0.05) is 99.5 Å². The molecule has 4 heterocycles. The molecule has 4 fully saturated rings. The lowest BCUT2D eigenvalue weighted by Gasteiger charge is -2.25. The normalized spacial score (nSPS) is 17.4. The fourth-order valence-corrected chi connectivity index (χ4v) is 12.6. The van der Waals surface area contributed by atoms with Crippen molar-refractivity contribution in [2.45, 2.75) is 197 Å². The molecule has 4 aliphatic rings. The molecule has 14 heteroatoms. The van der Waals surface area contributed by atoms with Crippen molar-refractivity contribution in [3.63, 3.8) is 0 Å². The van der Waals surface area contributed by atoms with Gasteiger partial charge in [-0.3, -0.25) is 0 Å². The minimum absolute atomic E-state index is 0.125. The van der Waals surface area contributed by atoms with Crippen LogP contribution in [-0.2, 0) is 18.9 Å². The topological polar surface area (TPSA) is 126 Å². The molecule has 4 atom stereocenters. The van der Waals surface area contributed by atoms with Gasteiger partial charge in [-0.2, -0.15) is 0 Å². The van der Waals surface area contributed by atoms with Crippen LogP contribution >= 0.6 is 0 Å². The summed E-state index contributed by atoms with van der Waals surface area (Å²) < 4.78 is 59.0. The van der Waals surface area contributed by atoms with E-state index in [-0.39, 0.29) is 37.6 Å². The molecule has 0 aromatic heterocycles. The Morgan fingerprint density at radius 1 is 0.258 bits per heavy atom. The molecule has 4 unspecified atom stereocenters. The number of hydrogen-bond acceptors (Lipinski definition) is 11. The molecule has 3 radical (unpaired) electrons. The zero-order valence-electron chi connectivity index (χ0n) is 58.2. The Kier molecular flexibility index (Phi) is 20.9. The molecule has 0 spiro atoms. The maximum atomic E-state index is 11.2. The van der Waals surface area contributed by atoms with Gasteiger partial charge in [0.2, 0.25) is 0 Å². The number of aliphatic hydroxyl groups excluding tert-OH is 1. The van der Waals surface area contributed by atoms with Crippen LogP contribution in [0.2, 0.25) is 0 Å². The molecule has 4 aliphatic heterocycles. The molecule has 0 bridgehead atoms. The quantitative estimate of drug-likeness (QED) is 0.0460. The predicted molar refractivity (Wildman–Crippen MR) is 365 cm³/mol. The molecule has 473 valence electrons. The van der Waals surface area contributed by atoms with Gasteiger partial charge in [0.25, 0.3) is 0 Å². The second-order valence-electron chi connectivity index (χ2n) is 26.2. The van der Waals surface area contributed by atoms with Gasteiger partial charge >= 0.3 is 0 Å². The van der Waals surface area contributed by atoms with Crippen molar-refractivity contribution >= 4 is 54.6 Å². The number of benzene rings is 6. The van der Waals surface area contributed by atoms with E-state index >= 15 is 0 Å². The van der Waals surface area contributed by atoms with E-state index < -0.39 is 6.10 Å². The summed E-state index contributed by atoms with van der Waals surface area (Å²) in [6, 6.07) is 0. The van der Waals surface area contributed by atoms with Gasteiger partial charge in [-0.25, -0.2) is 0 Å². The summed E-state index contributed by atoms with van der Waals surface area (Å²) >= 11 is 0. The predicted octanol–water partition coefficient (Wildman–Crippen LogP) is 9.67. The zero-order chi connectivity index (χ0) is 64.9. The summed E-state index contributed by atoms with van der Waals surface area (Å²) in [5, 5.41) is 11.2. The monoisotopic (exact) mass is 1210 g/mol. The van der Waals surface area contributed by atoms with Gasteiger partial charge < -0.3 is 52.5 Å². The second-order valence-corrected chi connectivity index (χ2v) is 26.2. The highest BCUT2D eigenvalue weighted by Crippen LogP contribution is 2.36. The fraction of sp³-hybridized carbons (Fsp3) is 0.520. The maximum Gasteiger partial charge on any atom is 0.192 e. The summed E-state index contributed by atoms with van der Waals surface area (Å²) in [5.41, 5.74) is 35.9. The highest BCUT2D eigenvalue weighted by atomic mass is 16.6. The Balaban J connectivity index is 0.000000254. The van der Waals surface area contributed by atoms with Gasteiger partial charge in [0.1, 0.15) is 105 Å². The third-order valence-corrected chi connectivity index (χ3v) is 20.7. The lowest BCUT2D eigenvalue weighted by Crippen LogP contribution is -2.37. The molecule has 11 nitrogen and oxygen atoms in total. The van der Waals surface area contributed by atoms with Crippen LogP contribution in [0.5, 0.6) is 34.5 Å². The minimum Gasteiger partial charge on any atom is -0.490 e. The molecule has 6 aromatic carbocycles. The number of aliphatic hydroxyl groups is 1. The largest absolute Gasteiger partial charge is 0.490 e. The Morgan fingerprint density at radius 2 is 0.393 bits per heavy atom. The molecular formula is C75H98B3O11. The van der Waals surface area contributed by atoms with E-state index in [4.69, 9.17) is 47.4 Å².